The van der Waals surface area contributed by atoms with Crippen molar-refractivity contribution in [3.8, 4) is 11.5 Å². The molecule has 1 aromatic heterocycles. The molecule has 0 aliphatic heterocycles. The number of aromatic nitrogens is 1. The van der Waals surface area contributed by atoms with Gasteiger partial charge in [-0.25, -0.2) is 0 Å². The maximum atomic E-state index is 12.0. The van der Waals surface area contributed by atoms with Crippen LogP contribution in [0.2, 0.25) is 0 Å². The zero-order chi connectivity index (χ0) is 16.1. The van der Waals surface area contributed by atoms with Crippen LogP contribution >= 0.6 is 11.3 Å². The van der Waals surface area contributed by atoms with Crippen LogP contribution in [0.15, 0.2) is 17.1 Å². The highest BCUT2D eigenvalue weighted by Gasteiger charge is 2.15. The Labute approximate surface area is 134 Å². The average molecular weight is 322 g/mol. The summed E-state index contributed by atoms with van der Waals surface area (Å²) in [5, 5.41) is 0. The van der Waals surface area contributed by atoms with Gasteiger partial charge in [0.15, 0.2) is 4.80 Å². The van der Waals surface area contributed by atoms with Gasteiger partial charge in [0.25, 0.3) is 0 Å². The van der Waals surface area contributed by atoms with Crippen LogP contribution in [0.3, 0.4) is 0 Å². The molecule has 6 heteroatoms. The number of nitrogens with zero attached hydrogens (tertiary/aromatic N) is 2. The van der Waals surface area contributed by atoms with Crippen LogP contribution in [0.4, 0.5) is 0 Å². The summed E-state index contributed by atoms with van der Waals surface area (Å²) < 4.78 is 13.8. The van der Waals surface area contributed by atoms with E-state index in [2.05, 4.69) is 11.9 Å². The van der Waals surface area contributed by atoms with Gasteiger partial charge in [0.2, 0.25) is 5.91 Å². The molecule has 5 nitrogen and oxygen atoms in total. The van der Waals surface area contributed by atoms with Gasteiger partial charge in [0.05, 0.1) is 14.2 Å². The van der Waals surface area contributed by atoms with Gasteiger partial charge in [0.1, 0.15) is 21.7 Å². The van der Waals surface area contributed by atoms with Gasteiger partial charge < -0.3 is 14.0 Å². The Morgan fingerprint density at radius 1 is 1.23 bits per heavy atom. The van der Waals surface area contributed by atoms with E-state index >= 15 is 0 Å². The molecule has 0 aliphatic rings. The van der Waals surface area contributed by atoms with Crippen molar-refractivity contribution < 1.29 is 14.3 Å². The molecule has 1 aromatic carbocycles. The summed E-state index contributed by atoms with van der Waals surface area (Å²) in [4.78, 5) is 17.0. The first-order valence-electron chi connectivity index (χ1n) is 7.48. The summed E-state index contributed by atoms with van der Waals surface area (Å²) >= 11 is 1.46. The Balaban J connectivity index is 2.65. The van der Waals surface area contributed by atoms with Crippen LogP contribution in [0.25, 0.3) is 10.2 Å². The molecule has 2 aromatic rings. The molecule has 0 spiro atoms. The standard InChI is InChI=1S/C16H22N2O3S/c1-5-7-8-13(19)17-16-18(6-2)14-11(20-3)9-10-12(21-4)15(14)22-16/h9-10H,5-8H2,1-4H3. The first kappa shape index (κ1) is 16.5. The largest absolute Gasteiger partial charge is 0.495 e. The third kappa shape index (κ3) is 3.16. The molecule has 0 radical (unpaired) electrons. The number of fused-ring (bicyclic) bond motifs is 1. The number of ether oxygens (including phenoxy) is 2. The molecule has 120 valence electrons. The van der Waals surface area contributed by atoms with Gasteiger partial charge in [-0.05, 0) is 25.5 Å². The van der Waals surface area contributed by atoms with E-state index in [4.69, 9.17) is 9.47 Å². The van der Waals surface area contributed by atoms with E-state index in [9.17, 15) is 4.79 Å². The number of unbranched alkanes of at least 4 members (excludes halogenated alkanes) is 1. The second-order valence-electron chi connectivity index (χ2n) is 4.89. The lowest BCUT2D eigenvalue weighted by atomic mass is 10.2. The fraction of sp³-hybridized carbons (Fsp3) is 0.500. The van der Waals surface area contributed by atoms with Crippen molar-refractivity contribution in [1.82, 2.24) is 4.57 Å². The highest BCUT2D eigenvalue weighted by molar-refractivity contribution is 7.16. The molecule has 1 heterocycles. The summed E-state index contributed by atoms with van der Waals surface area (Å²) in [5.41, 5.74) is 0.927. The number of hydrogen-bond donors (Lipinski definition) is 0. The first-order chi connectivity index (χ1) is 10.7. The molecule has 0 saturated carbocycles. The average Bonchev–Trinajstić information content (AvgIpc) is 2.89. The minimum Gasteiger partial charge on any atom is -0.495 e. The Kier molecular flexibility index (Phi) is 5.60. The molecule has 0 N–H and O–H groups in total. The highest BCUT2D eigenvalue weighted by Crippen LogP contribution is 2.35. The molecule has 0 saturated heterocycles. The van der Waals surface area contributed by atoms with Crippen LogP contribution < -0.4 is 14.3 Å². The normalized spacial score (nSPS) is 11.9. The van der Waals surface area contributed by atoms with Crippen LogP contribution in [0, 0.1) is 0 Å². The van der Waals surface area contributed by atoms with Crippen molar-refractivity contribution in [2.75, 3.05) is 14.2 Å². The van der Waals surface area contributed by atoms with Gasteiger partial charge in [-0.2, -0.15) is 4.99 Å². The number of aryl methyl sites for hydroxylation is 1. The van der Waals surface area contributed by atoms with Crippen molar-refractivity contribution in [3.05, 3.63) is 16.9 Å². The number of thiazole rings is 1. The third-order valence-corrected chi connectivity index (χ3v) is 4.57. The van der Waals surface area contributed by atoms with Gasteiger partial charge in [0, 0.05) is 13.0 Å². The zero-order valence-electron chi connectivity index (χ0n) is 13.5. The summed E-state index contributed by atoms with van der Waals surface area (Å²) in [5.74, 6) is 1.45. The first-order valence-corrected chi connectivity index (χ1v) is 8.29. The smallest absolute Gasteiger partial charge is 0.248 e. The van der Waals surface area contributed by atoms with Crippen LogP contribution in [-0.4, -0.2) is 24.7 Å². The number of carbonyl (C=O) groups excluding carboxylic acids is 1. The van der Waals surface area contributed by atoms with E-state index < -0.39 is 0 Å². The fourth-order valence-electron chi connectivity index (χ4n) is 2.32. The van der Waals surface area contributed by atoms with E-state index in [-0.39, 0.29) is 5.91 Å². The van der Waals surface area contributed by atoms with E-state index in [1.165, 1.54) is 11.3 Å². The second kappa shape index (κ2) is 7.45. The lowest BCUT2D eigenvalue weighted by Crippen LogP contribution is -2.16. The van der Waals surface area contributed by atoms with Crippen molar-refractivity contribution in [3.63, 3.8) is 0 Å². The van der Waals surface area contributed by atoms with Crippen LogP contribution in [0.5, 0.6) is 11.5 Å². The number of methoxy groups -OCH3 is 2. The molecule has 2 rings (SSSR count). The molecule has 0 aliphatic carbocycles. The minimum absolute atomic E-state index is 0.0754. The molecular formula is C16H22N2O3S. The number of amides is 1. The minimum atomic E-state index is -0.0754. The Bertz CT molecular complexity index is 731. The third-order valence-electron chi connectivity index (χ3n) is 3.47. The molecule has 0 atom stereocenters. The summed E-state index contributed by atoms with van der Waals surface area (Å²) in [6.07, 6.45) is 2.35. The van der Waals surface area contributed by atoms with E-state index in [0.29, 0.717) is 17.8 Å². The molecular weight excluding hydrogens is 300 g/mol. The second-order valence-corrected chi connectivity index (χ2v) is 5.86. The molecule has 1 amide bonds. The lowest BCUT2D eigenvalue weighted by Gasteiger charge is -2.08. The Morgan fingerprint density at radius 3 is 2.50 bits per heavy atom. The number of hydrogen-bond acceptors (Lipinski definition) is 4. The van der Waals surface area contributed by atoms with Crippen LogP contribution in [-0.2, 0) is 11.3 Å². The monoisotopic (exact) mass is 322 g/mol. The predicted molar refractivity (Wildman–Crippen MR) is 88.7 cm³/mol. The number of carbonyl (C=O) groups is 1. The predicted octanol–water partition coefficient (Wildman–Crippen LogP) is 3.36. The molecule has 0 fully saturated rings. The molecule has 0 unspecified atom stereocenters. The highest BCUT2D eigenvalue weighted by atomic mass is 32.1. The maximum Gasteiger partial charge on any atom is 0.248 e. The van der Waals surface area contributed by atoms with E-state index in [1.54, 1.807) is 14.2 Å². The summed E-state index contributed by atoms with van der Waals surface area (Å²) in [7, 11) is 3.28. The maximum absolute atomic E-state index is 12.0. The van der Waals surface area contributed by atoms with E-state index in [1.807, 2.05) is 23.6 Å². The van der Waals surface area contributed by atoms with Crippen LogP contribution in [0.1, 0.15) is 33.1 Å². The molecule has 22 heavy (non-hydrogen) atoms. The Morgan fingerprint density at radius 2 is 1.91 bits per heavy atom. The van der Waals surface area contributed by atoms with Gasteiger partial charge in [-0.15, -0.1) is 0 Å². The van der Waals surface area contributed by atoms with Crippen molar-refractivity contribution >= 4 is 27.5 Å². The van der Waals surface area contributed by atoms with Crippen molar-refractivity contribution in [2.45, 2.75) is 39.7 Å². The van der Waals surface area contributed by atoms with Crippen molar-refractivity contribution in [2.24, 2.45) is 4.99 Å². The Hall–Kier alpha value is -1.82. The summed E-state index contributed by atoms with van der Waals surface area (Å²) in [6, 6.07) is 3.75. The molecule has 0 bridgehead atoms. The lowest BCUT2D eigenvalue weighted by molar-refractivity contribution is -0.118. The fourth-order valence-corrected chi connectivity index (χ4v) is 3.54. The number of benzene rings is 1. The van der Waals surface area contributed by atoms with Gasteiger partial charge in [-0.3, -0.25) is 4.79 Å². The van der Waals surface area contributed by atoms with Crippen molar-refractivity contribution in [1.29, 1.82) is 0 Å². The van der Waals surface area contributed by atoms with Gasteiger partial charge in [-0.1, -0.05) is 24.7 Å². The van der Waals surface area contributed by atoms with E-state index in [0.717, 1.165) is 34.6 Å². The number of rotatable bonds is 6. The quantitative estimate of drug-likeness (QED) is 0.819. The topological polar surface area (TPSA) is 52.8 Å². The summed E-state index contributed by atoms with van der Waals surface area (Å²) in [6.45, 7) is 4.80. The van der Waals surface area contributed by atoms with Gasteiger partial charge >= 0.3 is 0 Å². The zero-order valence-corrected chi connectivity index (χ0v) is 14.3. The SMILES string of the molecule is CCCCC(=O)N=c1sc2c(OC)ccc(OC)c2n1CC.